The zero-order valence-corrected chi connectivity index (χ0v) is 10.8. The summed E-state index contributed by atoms with van der Waals surface area (Å²) in [7, 11) is 0. The Balaban J connectivity index is 1.65. The van der Waals surface area contributed by atoms with Gasteiger partial charge in [0.25, 0.3) is 5.91 Å². The van der Waals surface area contributed by atoms with Gasteiger partial charge in [-0.1, -0.05) is 12.1 Å². The highest BCUT2D eigenvalue weighted by Crippen LogP contribution is 2.33. The number of anilines is 1. The third-order valence-electron chi connectivity index (χ3n) is 3.58. The fourth-order valence-corrected chi connectivity index (χ4v) is 2.32. The van der Waals surface area contributed by atoms with Gasteiger partial charge in [0, 0.05) is 0 Å². The van der Waals surface area contributed by atoms with Crippen molar-refractivity contribution in [3.63, 3.8) is 0 Å². The molecule has 2 unspecified atom stereocenters. The van der Waals surface area contributed by atoms with Gasteiger partial charge in [0.1, 0.15) is 11.8 Å². The lowest BCUT2D eigenvalue weighted by Crippen LogP contribution is -2.51. The van der Waals surface area contributed by atoms with Crippen molar-refractivity contribution in [1.29, 1.82) is 0 Å². The van der Waals surface area contributed by atoms with Crippen molar-refractivity contribution in [2.75, 3.05) is 11.9 Å². The van der Waals surface area contributed by atoms with Crippen LogP contribution >= 0.6 is 0 Å². The highest BCUT2D eigenvalue weighted by molar-refractivity contribution is 5.88. The molecular weight excluding hydrogens is 260 g/mol. The number of hydrogen-bond acceptors (Lipinski definition) is 4. The highest BCUT2D eigenvalue weighted by atomic mass is 16.5. The maximum Gasteiger partial charge on any atom is 0.326 e. The van der Waals surface area contributed by atoms with Crippen LogP contribution in [-0.2, 0) is 9.59 Å². The van der Waals surface area contributed by atoms with Crippen LogP contribution in [0.1, 0.15) is 12.8 Å². The largest absolute Gasteiger partial charge is 0.480 e. The van der Waals surface area contributed by atoms with E-state index < -0.39 is 18.1 Å². The first-order valence-corrected chi connectivity index (χ1v) is 6.68. The highest BCUT2D eigenvalue weighted by Gasteiger charge is 2.39. The summed E-state index contributed by atoms with van der Waals surface area (Å²) in [5, 5.41) is 14.8. The van der Waals surface area contributed by atoms with Crippen LogP contribution in [-0.4, -0.2) is 35.7 Å². The van der Waals surface area contributed by atoms with Crippen molar-refractivity contribution in [3.8, 4) is 5.75 Å². The molecule has 20 heavy (non-hydrogen) atoms. The van der Waals surface area contributed by atoms with E-state index in [0.29, 0.717) is 12.3 Å². The molecule has 0 bridgehead atoms. The number of fused-ring (bicyclic) bond motifs is 1. The molecule has 1 fully saturated rings. The van der Waals surface area contributed by atoms with E-state index in [1.807, 2.05) is 18.2 Å². The number of rotatable bonds is 4. The molecule has 1 heterocycles. The molecule has 106 valence electrons. The molecule has 0 aromatic heterocycles. The van der Waals surface area contributed by atoms with E-state index in [1.54, 1.807) is 6.07 Å². The molecule has 1 aromatic carbocycles. The molecule has 1 aliphatic heterocycles. The average Bonchev–Trinajstić information content (AvgIpc) is 3.28. The Hall–Kier alpha value is -2.24. The predicted molar refractivity (Wildman–Crippen MR) is 71.6 cm³/mol. The quantitative estimate of drug-likeness (QED) is 0.758. The first-order chi connectivity index (χ1) is 9.65. The number of carboxylic acid groups (broad SMARTS) is 1. The van der Waals surface area contributed by atoms with Crippen LogP contribution in [0.3, 0.4) is 0 Å². The van der Waals surface area contributed by atoms with E-state index >= 15 is 0 Å². The van der Waals surface area contributed by atoms with E-state index in [9.17, 15) is 9.59 Å². The van der Waals surface area contributed by atoms with Crippen molar-refractivity contribution in [3.05, 3.63) is 24.3 Å². The van der Waals surface area contributed by atoms with Crippen molar-refractivity contribution >= 4 is 17.6 Å². The number of carbonyl (C=O) groups is 2. The maximum absolute atomic E-state index is 12.1. The van der Waals surface area contributed by atoms with Gasteiger partial charge in [0.2, 0.25) is 0 Å². The number of aliphatic carboxylic acids is 1. The summed E-state index contributed by atoms with van der Waals surface area (Å²) in [5.74, 6) is -0.700. The molecule has 0 saturated heterocycles. The molecule has 2 atom stereocenters. The lowest BCUT2D eigenvalue weighted by atomic mass is 10.1. The summed E-state index contributed by atoms with van der Waals surface area (Å²) >= 11 is 0. The fraction of sp³-hybridized carbons (Fsp3) is 0.429. The number of nitrogens with one attached hydrogen (secondary N) is 2. The van der Waals surface area contributed by atoms with E-state index in [1.165, 1.54) is 0 Å². The minimum atomic E-state index is -0.981. The molecule has 3 N–H and O–H groups in total. The maximum atomic E-state index is 12.1. The third kappa shape index (κ3) is 2.54. The molecule has 3 rings (SSSR count). The molecule has 1 saturated carbocycles. The van der Waals surface area contributed by atoms with E-state index in [2.05, 4.69) is 10.6 Å². The van der Waals surface area contributed by atoms with E-state index in [4.69, 9.17) is 9.84 Å². The van der Waals surface area contributed by atoms with E-state index in [-0.39, 0.29) is 11.8 Å². The van der Waals surface area contributed by atoms with Crippen LogP contribution < -0.4 is 15.4 Å². The lowest BCUT2D eigenvalue weighted by Gasteiger charge is -2.27. The molecule has 2 aliphatic rings. The molecule has 0 spiro atoms. The standard InChI is InChI=1S/C14H16N2O4/c17-13(16-12(14(18)19)8-5-6-8)11-7-15-9-3-1-2-4-10(9)20-11/h1-4,8,11-12,15H,5-7H2,(H,16,17)(H,18,19). The van der Waals surface area contributed by atoms with Gasteiger partial charge in [0.05, 0.1) is 12.2 Å². The number of carbonyl (C=O) groups excluding carboxylic acids is 1. The molecule has 1 amide bonds. The van der Waals surface area contributed by atoms with Crippen molar-refractivity contribution in [2.24, 2.45) is 5.92 Å². The number of para-hydroxylation sites is 2. The van der Waals surface area contributed by atoms with Gasteiger partial charge in [-0.05, 0) is 30.9 Å². The third-order valence-corrected chi connectivity index (χ3v) is 3.58. The minimum Gasteiger partial charge on any atom is -0.480 e. The number of carboxylic acids is 1. The van der Waals surface area contributed by atoms with Crippen LogP contribution in [0.5, 0.6) is 5.75 Å². The van der Waals surface area contributed by atoms with Gasteiger partial charge in [0.15, 0.2) is 6.10 Å². The smallest absolute Gasteiger partial charge is 0.326 e. The summed E-state index contributed by atoms with van der Waals surface area (Å²) in [6.45, 7) is 0.333. The van der Waals surface area contributed by atoms with Crippen LogP contribution in [0.2, 0.25) is 0 Å². The minimum absolute atomic E-state index is 0.0558. The summed E-state index contributed by atoms with van der Waals surface area (Å²) < 4.78 is 5.61. The van der Waals surface area contributed by atoms with Crippen LogP contribution in [0.4, 0.5) is 5.69 Å². The molecule has 1 aromatic rings. The Labute approximate surface area is 116 Å². The Morgan fingerprint density at radius 2 is 2.10 bits per heavy atom. The molecule has 1 aliphatic carbocycles. The van der Waals surface area contributed by atoms with Gasteiger partial charge >= 0.3 is 5.97 Å². The Bertz CT molecular complexity index is 542. The topological polar surface area (TPSA) is 87.7 Å². The number of ether oxygens (including phenoxy) is 1. The number of benzene rings is 1. The predicted octanol–water partition coefficient (Wildman–Crippen LogP) is 0.839. The Morgan fingerprint density at radius 3 is 2.80 bits per heavy atom. The first-order valence-electron chi connectivity index (χ1n) is 6.68. The molecule has 6 nitrogen and oxygen atoms in total. The summed E-state index contributed by atoms with van der Waals surface area (Å²) in [4.78, 5) is 23.2. The van der Waals surface area contributed by atoms with Crippen LogP contribution in [0.15, 0.2) is 24.3 Å². The summed E-state index contributed by atoms with van der Waals surface area (Å²) in [6.07, 6.45) is 0.999. The SMILES string of the molecule is O=C(NC(C(=O)O)C1CC1)C1CNc2ccccc2O1. The van der Waals surface area contributed by atoms with Gasteiger partial charge in [-0.2, -0.15) is 0 Å². The second-order valence-corrected chi connectivity index (χ2v) is 5.15. The Morgan fingerprint density at radius 1 is 1.35 bits per heavy atom. The Kier molecular flexibility index (Phi) is 3.22. The van der Waals surface area contributed by atoms with Crippen LogP contribution in [0.25, 0.3) is 0 Å². The number of amides is 1. The molecular formula is C14H16N2O4. The lowest BCUT2D eigenvalue weighted by molar-refractivity contribution is -0.143. The van der Waals surface area contributed by atoms with E-state index in [0.717, 1.165) is 18.5 Å². The zero-order chi connectivity index (χ0) is 14.1. The summed E-state index contributed by atoms with van der Waals surface area (Å²) in [6, 6.07) is 6.54. The second-order valence-electron chi connectivity index (χ2n) is 5.15. The van der Waals surface area contributed by atoms with Crippen molar-refractivity contribution in [1.82, 2.24) is 5.32 Å². The molecule has 0 radical (unpaired) electrons. The zero-order valence-electron chi connectivity index (χ0n) is 10.8. The van der Waals surface area contributed by atoms with Crippen molar-refractivity contribution in [2.45, 2.75) is 25.0 Å². The van der Waals surface area contributed by atoms with Gasteiger partial charge in [-0.15, -0.1) is 0 Å². The van der Waals surface area contributed by atoms with Crippen LogP contribution in [0, 0.1) is 5.92 Å². The second kappa shape index (κ2) is 5.03. The van der Waals surface area contributed by atoms with Gasteiger partial charge in [-0.25, -0.2) is 4.79 Å². The normalized spacial score (nSPS) is 21.9. The van der Waals surface area contributed by atoms with Gasteiger partial charge < -0.3 is 20.5 Å². The summed E-state index contributed by atoms with van der Waals surface area (Å²) in [5.41, 5.74) is 0.841. The first kappa shape index (κ1) is 12.8. The monoisotopic (exact) mass is 276 g/mol. The van der Waals surface area contributed by atoms with Gasteiger partial charge in [-0.3, -0.25) is 4.79 Å². The average molecular weight is 276 g/mol. The molecule has 6 heteroatoms. The van der Waals surface area contributed by atoms with Crippen molar-refractivity contribution < 1.29 is 19.4 Å². The number of hydrogen-bond donors (Lipinski definition) is 3. The fourth-order valence-electron chi connectivity index (χ4n) is 2.32.